The normalized spacial score (nSPS) is 10.4. The van der Waals surface area contributed by atoms with Crippen LogP contribution in [-0.2, 0) is 14.3 Å². The number of hydrogen-bond acceptors (Lipinski definition) is 5. The summed E-state index contributed by atoms with van der Waals surface area (Å²) >= 11 is 3.11. The molecule has 0 radical (unpaired) electrons. The number of ether oxygens (including phenoxy) is 2. The number of carbonyl (C=O) groups is 3. The van der Waals surface area contributed by atoms with Gasteiger partial charge in [0.1, 0.15) is 11.5 Å². The number of carbonyl (C=O) groups excluding carboxylic acids is 3. The summed E-state index contributed by atoms with van der Waals surface area (Å²) in [5, 5.41) is 2.31. The third kappa shape index (κ3) is 4.94. The van der Waals surface area contributed by atoms with Gasteiger partial charge in [0.05, 0.1) is 17.9 Å². The molecule has 2 aromatic rings. The Kier molecular flexibility index (Phi) is 6.73. The minimum atomic E-state index is -0.808. The minimum absolute atomic E-state index is 0.0317. The summed E-state index contributed by atoms with van der Waals surface area (Å²) in [6.45, 7) is 4.47. The first-order chi connectivity index (χ1) is 12.7. The van der Waals surface area contributed by atoms with Crippen LogP contribution in [0.5, 0.6) is 0 Å². The van der Waals surface area contributed by atoms with Crippen LogP contribution in [0.4, 0.5) is 10.1 Å². The number of anilines is 1. The van der Waals surface area contributed by atoms with E-state index < -0.39 is 30.3 Å². The van der Waals surface area contributed by atoms with Crippen molar-refractivity contribution in [2.75, 3.05) is 18.5 Å². The first-order valence-corrected chi connectivity index (χ1v) is 8.82. The average Bonchev–Trinajstić information content (AvgIpc) is 2.90. The average molecular weight is 441 g/mol. The van der Waals surface area contributed by atoms with Crippen molar-refractivity contribution in [2.24, 2.45) is 0 Å². The van der Waals surface area contributed by atoms with Gasteiger partial charge in [0, 0.05) is 10.2 Å². The second kappa shape index (κ2) is 8.81. The Labute approximate surface area is 163 Å². The highest BCUT2D eigenvalue weighted by atomic mass is 79.9. The van der Waals surface area contributed by atoms with Gasteiger partial charge in [-0.15, -0.1) is 0 Å². The zero-order chi connectivity index (χ0) is 20.1. The van der Waals surface area contributed by atoms with Crippen LogP contribution in [-0.4, -0.2) is 36.0 Å². The van der Waals surface area contributed by atoms with Gasteiger partial charge in [-0.05, 0) is 44.5 Å². The van der Waals surface area contributed by atoms with Crippen molar-refractivity contribution in [3.63, 3.8) is 0 Å². The largest absolute Gasteiger partial charge is 0.462 e. The third-order valence-corrected chi connectivity index (χ3v) is 4.15. The predicted octanol–water partition coefficient (Wildman–Crippen LogP) is 3.51. The molecular formula is C18H18BrFN2O5. The molecule has 2 rings (SSSR count). The lowest BCUT2D eigenvalue weighted by Gasteiger charge is -2.08. The van der Waals surface area contributed by atoms with Crippen LogP contribution in [0.3, 0.4) is 0 Å². The van der Waals surface area contributed by atoms with E-state index in [1.165, 1.54) is 12.1 Å². The molecule has 0 saturated carbocycles. The Balaban J connectivity index is 2.02. The number of amides is 1. The van der Waals surface area contributed by atoms with Gasteiger partial charge in [0.15, 0.2) is 6.61 Å². The maximum atomic E-state index is 13.7. The van der Waals surface area contributed by atoms with Gasteiger partial charge < -0.3 is 19.8 Å². The summed E-state index contributed by atoms with van der Waals surface area (Å²) in [7, 11) is 0. The summed E-state index contributed by atoms with van der Waals surface area (Å²) in [4.78, 5) is 38.8. The van der Waals surface area contributed by atoms with Crippen LogP contribution in [0.2, 0.25) is 0 Å². The van der Waals surface area contributed by atoms with E-state index in [2.05, 4.69) is 26.2 Å². The van der Waals surface area contributed by atoms with E-state index in [4.69, 9.17) is 9.47 Å². The second-order valence-electron chi connectivity index (χ2n) is 5.59. The molecule has 9 heteroatoms. The summed E-state index contributed by atoms with van der Waals surface area (Å²) in [6, 6.07) is 4.14. The summed E-state index contributed by atoms with van der Waals surface area (Å²) in [6.07, 6.45) is 0. The SMILES string of the molecule is CCOC(=O)c1c(C)[nH]c(C(=O)OCC(=O)Nc2ccc(Br)cc2F)c1C. The van der Waals surface area contributed by atoms with Crippen molar-refractivity contribution in [1.82, 2.24) is 4.98 Å². The predicted molar refractivity (Wildman–Crippen MR) is 99.2 cm³/mol. The molecule has 0 aliphatic rings. The number of rotatable bonds is 6. The zero-order valence-electron chi connectivity index (χ0n) is 14.9. The van der Waals surface area contributed by atoms with Gasteiger partial charge >= 0.3 is 11.9 Å². The molecule has 2 N–H and O–H groups in total. The summed E-state index contributed by atoms with van der Waals surface area (Å²) in [5.74, 6) is -2.68. The quantitative estimate of drug-likeness (QED) is 0.669. The molecule has 27 heavy (non-hydrogen) atoms. The molecule has 1 aromatic carbocycles. The second-order valence-corrected chi connectivity index (χ2v) is 6.51. The Bertz CT molecular complexity index is 894. The number of aromatic amines is 1. The molecule has 1 amide bonds. The van der Waals surface area contributed by atoms with E-state index in [9.17, 15) is 18.8 Å². The van der Waals surface area contributed by atoms with E-state index >= 15 is 0 Å². The number of aromatic nitrogens is 1. The number of benzene rings is 1. The molecule has 144 valence electrons. The topological polar surface area (TPSA) is 97.5 Å². The summed E-state index contributed by atoms with van der Waals surface area (Å²) in [5.41, 5.74) is 1.11. The van der Waals surface area contributed by atoms with Crippen LogP contribution in [0, 0.1) is 19.7 Å². The first-order valence-electron chi connectivity index (χ1n) is 8.02. The molecular weight excluding hydrogens is 423 g/mol. The maximum absolute atomic E-state index is 13.7. The molecule has 0 unspecified atom stereocenters. The molecule has 0 bridgehead atoms. The Morgan fingerprint density at radius 1 is 1.19 bits per heavy atom. The van der Waals surface area contributed by atoms with Gasteiger partial charge in [-0.1, -0.05) is 15.9 Å². The monoisotopic (exact) mass is 440 g/mol. The van der Waals surface area contributed by atoms with Crippen LogP contribution >= 0.6 is 15.9 Å². The number of hydrogen-bond donors (Lipinski definition) is 2. The van der Waals surface area contributed by atoms with E-state index in [-0.39, 0.29) is 23.6 Å². The fraction of sp³-hybridized carbons (Fsp3) is 0.278. The van der Waals surface area contributed by atoms with Gasteiger partial charge in [0.25, 0.3) is 5.91 Å². The van der Waals surface area contributed by atoms with Crippen LogP contribution < -0.4 is 5.32 Å². The number of halogens is 2. The Morgan fingerprint density at radius 3 is 2.52 bits per heavy atom. The Hall–Kier alpha value is -2.68. The van der Waals surface area contributed by atoms with Crippen molar-refractivity contribution in [2.45, 2.75) is 20.8 Å². The van der Waals surface area contributed by atoms with Crippen LogP contribution in [0.1, 0.15) is 39.0 Å². The molecule has 0 atom stereocenters. The maximum Gasteiger partial charge on any atom is 0.355 e. The standard InChI is InChI=1S/C18H18BrFN2O5/c1-4-26-17(24)15-9(2)16(21-10(15)3)18(25)27-8-14(23)22-13-6-5-11(19)7-12(13)20/h5-7,21H,4,8H2,1-3H3,(H,22,23). The molecule has 0 saturated heterocycles. The highest BCUT2D eigenvalue weighted by molar-refractivity contribution is 9.10. The van der Waals surface area contributed by atoms with Crippen LogP contribution in [0.25, 0.3) is 0 Å². The first kappa shape index (κ1) is 20.6. The fourth-order valence-electron chi connectivity index (χ4n) is 2.44. The lowest BCUT2D eigenvalue weighted by molar-refractivity contribution is -0.119. The van der Waals surface area contributed by atoms with Gasteiger partial charge in [0.2, 0.25) is 0 Å². The summed E-state index contributed by atoms with van der Waals surface area (Å²) < 4.78 is 24.1. The molecule has 1 heterocycles. The van der Waals surface area contributed by atoms with E-state index in [0.717, 1.165) is 0 Å². The number of aryl methyl sites for hydroxylation is 1. The number of nitrogens with one attached hydrogen (secondary N) is 2. The van der Waals surface area contributed by atoms with E-state index in [1.54, 1.807) is 26.8 Å². The minimum Gasteiger partial charge on any atom is -0.462 e. The van der Waals surface area contributed by atoms with Gasteiger partial charge in [-0.3, -0.25) is 4.79 Å². The molecule has 0 spiro atoms. The lowest BCUT2D eigenvalue weighted by Crippen LogP contribution is -2.22. The number of H-pyrrole nitrogens is 1. The molecule has 1 aromatic heterocycles. The zero-order valence-corrected chi connectivity index (χ0v) is 16.5. The number of esters is 2. The molecule has 0 fully saturated rings. The Morgan fingerprint density at radius 2 is 1.89 bits per heavy atom. The van der Waals surface area contributed by atoms with E-state index in [0.29, 0.717) is 15.7 Å². The van der Waals surface area contributed by atoms with Crippen molar-refractivity contribution in [3.8, 4) is 0 Å². The van der Waals surface area contributed by atoms with Crippen molar-refractivity contribution < 1.29 is 28.2 Å². The van der Waals surface area contributed by atoms with E-state index in [1.807, 2.05) is 0 Å². The van der Waals surface area contributed by atoms with Gasteiger partial charge in [-0.25, -0.2) is 14.0 Å². The van der Waals surface area contributed by atoms with Crippen molar-refractivity contribution >= 4 is 39.5 Å². The smallest absolute Gasteiger partial charge is 0.355 e. The third-order valence-electron chi connectivity index (χ3n) is 3.66. The van der Waals surface area contributed by atoms with Crippen molar-refractivity contribution in [1.29, 1.82) is 0 Å². The highest BCUT2D eigenvalue weighted by Gasteiger charge is 2.24. The lowest BCUT2D eigenvalue weighted by atomic mass is 10.1. The van der Waals surface area contributed by atoms with Crippen LogP contribution in [0.15, 0.2) is 22.7 Å². The van der Waals surface area contributed by atoms with Gasteiger partial charge in [-0.2, -0.15) is 0 Å². The fourth-order valence-corrected chi connectivity index (χ4v) is 2.78. The highest BCUT2D eigenvalue weighted by Crippen LogP contribution is 2.21. The van der Waals surface area contributed by atoms with Crippen molar-refractivity contribution in [3.05, 3.63) is 51.0 Å². The molecule has 0 aliphatic heterocycles. The molecule has 7 nitrogen and oxygen atoms in total. The molecule has 0 aliphatic carbocycles.